The third-order valence-electron chi connectivity index (χ3n) is 5.89. The topological polar surface area (TPSA) is 86.8 Å². The standard InChI is InChI=1S/C26H30BrN3O4/c1-3-4-14-28-24(32)18(2)30(17-19-9-7-10-20(27)16-19)23(31)13-8-15-29-25(33)21-11-5-6-12-22(21)26(29)34/h5-7,9-12,16,18H,3-4,8,13-15,17H2,1-2H3,(H,28,32)/t18-/m1/s1. The van der Waals surface area contributed by atoms with Crippen molar-refractivity contribution in [3.8, 4) is 0 Å². The van der Waals surface area contributed by atoms with E-state index >= 15 is 0 Å². The second kappa shape index (κ2) is 11.9. The first-order chi connectivity index (χ1) is 16.3. The number of hydrogen-bond donors (Lipinski definition) is 1. The number of carbonyl (C=O) groups is 4. The van der Waals surface area contributed by atoms with Crippen LogP contribution in [0.25, 0.3) is 0 Å². The maximum absolute atomic E-state index is 13.2. The van der Waals surface area contributed by atoms with Gasteiger partial charge in [-0.05, 0) is 49.6 Å². The fraction of sp³-hybridized carbons (Fsp3) is 0.385. The van der Waals surface area contributed by atoms with E-state index in [2.05, 4.69) is 21.2 Å². The molecule has 180 valence electrons. The van der Waals surface area contributed by atoms with Crippen molar-refractivity contribution in [1.29, 1.82) is 0 Å². The molecular weight excluding hydrogens is 498 g/mol. The van der Waals surface area contributed by atoms with E-state index in [0.717, 1.165) is 22.9 Å². The average Bonchev–Trinajstić information content (AvgIpc) is 3.07. The lowest BCUT2D eigenvalue weighted by atomic mass is 10.1. The summed E-state index contributed by atoms with van der Waals surface area (Å²) in [5.74, 6) is -1.06. The molecule has 1 N–H and O–H groups in total. The van der Waals surface area contributed by atoms with Gasteiger partial charge < -0.3 is 10.2 Å². The predicted octanol–water partition coefficient (Wildman–Crippen LogP) is 4.16. The Hall–Kier alpha value is -3.00. The van der Waals surface area contributed by atoms with Crippen molar-refractivity contribution in [3.05, 3.63) is 69.7 Å². The van der Waals surface area contributed by atoms with Crippen molar-refractivity contribution >= 4 is 39.6 Å². The normalized spacial score (nSPS) is 13.6. The fourth-order valence-corrected chi connectivity index (χ4v) is 4.37. The van der Waals surface area contributed by atoms with Gasteiger partial charge in [0.1, 0.15) is 6.04 Å². The van der Waals surface area contributed by atoms with Gasteiger partial charge in [0.15, 0.2) is 0 Å². The summed E-state index contributed by atoms with van der Waals surface area (Å²) in [4.78, 5) is 53.8. The van der Waals surface area contributed by atoms with Gasteiger partial charge in [0.25, 0.3) is 11.8 Å². The summed E-state index contributed by atoms with van der Waals surface area (Å²) in [5, 5.41) is 2.90. The maximum atomic E-state index is 13.2. The Morgan fingerprint density at radius 1 is 1.03 bits per heavy atom. The number of fused-ring (bicyclic) bond motifs is 1. The molecule has 1 heterocycles. The summed E-state index contributed by atoms with van der Waals surface area (Å²) in [6.07, 6.45) is 2.28. The Labute approximate surface area is 208 Å². The molecule has 2 aromatic carbocycles. The number of benzene rings is 2. The van der Waals surface area contributed by atoms with Crippen LogP contribution in [0.5, 0.6) is 0 Å². The first kappa shape index (κ1) is 25.6. The van der Waals surface area contributed by atoms with Crippen LogP contribution in [0.2, 0.25) is 0 Å². The molecule has 34 heavy (non-hydrogen) atoms. The van der Waals surface area contributed by atoms with Gasteiger partial charge in [0.2, 0.25) is 11.8 Å². The van der Waals surface area contributed by atoms with Gasteiger partial charge >= 0.3 is 0 Å². The molecule has 0 radical (unpaired) electrons. The Morgan fingerprint density at radius 3 is 2.32 bits per heavy atom. The fourth-order valence-electron chi connectivity index (χ4n) is 3.92. The minimum atomic E-state index is -0.650. The molecule has 0 spiro atoms. The number of unbranched alkanes of at least 4 members (excludes halogenated alkanes) is 1. The molecule has 0 aliphatic carbocycles. The van der Waals surface area contributed by atoms with Gasteiger partial charge in [0.05, 0.1) is 11.1 Å². The highest BCUT2D eigenvalue weighted by molar-refractivity contribution is 9.10. The van der Waals surface area contributed by atoms with E-state index in [1.807, 2.05) is 31.2 Å². The van der Waals surface area contributed by atoms with Gasteiger partial charge in [-0.2, -0.15) is 0 Å². The van der Waals surface area contributed by atoms with Crippen molar-refractivity contribution in [2.24, 2.45) is 0 Å². The predicted molar refractivity (Wildman–Crippen MR) is 133 cm³/mol. The number of amides is 4. The van der Waals surface area contributed by atoms with Crippen LogP contribution in [0.15, 0.2) is 53.0 Å². The smallest absolute Gasteiger partial charge is 0.261 e. The molecular formula is C26H30BrN3O4. The van der Waals surface area contributed by atoms with E-state index in [1.165, 1.54) is 4.90 Å². The molecule has 3 rings (SSSR count). The molecule has 0 bridgehead atoms. The van der Waals surface area contributed by atoms with E-state index in [0.29, 0.717) is 24.1 Å². The van der Waals surface area contributed by atoms with E-state index in [9.17, 15) is 19.2 Å². The Bertz CT molecular complexity index is 1040. The monoisotopic (exact) mass is 527 g/mol. The lowest BCUT2D eigenvalue weighted by molar-refractivity contribution is -0.140. The lowest BCUT2D eigenvalue weighted by Crippen LogP contribution is -2.48. The summed E-state index contributed by atoms with van der Waals surface area (Å²) in [6, 6.07) is 13.7. The molecule has 1 aliphatic rings. The molecule has 2 aromatic rings. The van der Waals surface area contributed by atoms with Crippen LogP contribution in [0.4, 0.5) is 0 Å². The van der Waals surface area contributed by atoms with Crippen LogP contribution in [-0.4, -0.2) is 52.6 Å². The van der Waals surface area contributed by atoms with Gasteiger partial charge in [-0.1, -0.05) is 53.5 Å². The van der Waals surface area contributed by atoms with Crippen molar-refractivity contribution in [2.75, 3.05) is 13.1 Å². The van der Waals surface area contributed by atoms with E-state index in [-0.39, 0.29) is 43.1 Å². The number of imide groups is 1. The van der Waals surface area contributed by atoms with Crippen LogP contribution >= 0.6 is 15.9 Å². The second-order valence-electron chi connectivity index (χ2n) is 8.38. The number of nitrogens with one attached hydrogen (secondary N) is 1. The van der Waals surface area contributed by atoms with E-state index in [1.54, 1.807) is 36.1 Å². The van der Waals surface area contributed by atoms with Crippen LogP contribution < -0.4 is 5.32 Å². The molecule has 1 atom stereocenters. The van der Waals surface area contributed by atoms with Gasteiger partial charge in [-0.25, -0.2) is 0 Å². The van der Waals surface area contributed by atoms with Crippen molar-refractivity contribution < 1.29 is 19.2 Å². The van der Waals surface area contributed by atoms with Crippen LogP contribution in [0, 0.1) is 0 Å². The summed E-state index contributed by atoms with van der Waals surface area (Å²) >= 11 is 3.45. The Morgan fingerprint density at radius 2 is 1.71 bits per heavy atom. The number of nitrogens with zero attached hydrogens (tertiary/aromatic N) is 2. The molecule has 4 amide bonds. The van der Waals surface area contributed by atoms with Crippen LogP contribution in [0.1, 0.15) is 65.8 Å². The number of halogens is 1. The van der Waals surface area contributed by atoms with Gasteiger partial charge in [0, 0.05) is 30.5 Å². The Kier molecular flexibility index (Phi) is 8.98. The molecule has 0 unspecified atom stereocenters. The highest BCUT2D eigenvalue weighted by atomic mass is 79.9. The van der Waals surface area contributed by atoms with E-state index < -0.39 is 6.04 Å². The third kappa shape index (κ3) is 6.11. The lowest BCUT2D eigenvalue weighted by Gasteiger charge is -2.29. The van der Waals surface area contributed by atoms with Crippen molar-refractivity contribution in [2.45, 2.75) is 52.1 Å². The molecule has 0 aromatic heterocycles. The minimum absolute atomic E-state index is 0.119. The Balaban J connectivity index is 1.65. The quantitative estimate of drug-likeness (QED) is 0.351. The summed E-state index contributed by atoms with van der Waals surface area (Å²) in [7, 11) is 0. The molecule has 8 heteroatoms. The van der Waals surface area contributed by atoms with Crippen molar-refractivity contribution in [3.63, 3.8) is 0 Å². The number of rotatable bonds is 11. The first-order valence-corrected chi connectivity index (χ1v) is 12.4. The largest absolute Gasteiger partial charge is 0.354 e. The zero-order valence-electron chi connectivity index (χ0n) is 19.6. The van der Waals surface area contributed by atoms with Gasteiger partial charge in [-0.15, -0.1) is 0 Å². The maximum Gasteiger partial charge on any atom is 0.261 e. The average molecular weight is 528 g/mol. The highest BCUT2D eigenvalue weighted by Gasteiger charge is 2.35. The zero-order valence-corrected chi connectivity index (χ0v) is 21.1. The SMILES string of the molecule is CCCCNC(=O)[C@@H](C)N(Cc1cccc(Br)c1)C(=O)CCCN1C(=O)c2ccccc2C1=O. The number of carbonyl (C=O) groups excluding carboxylic acids is 4. The summed E-state index contributed by atoms with van der Waals surface area (Å²) in [6.45, 7) is 4.78. The number of hydrogen-bond acceptors (Lipinski definition) is 4. The van der Waals surface area contributed by atoms with Crippen LogP contribution in [-0.2, 0) is 16.1 Å². The third-order valence-corrected chi connectivity index (χ3v) is 6.38. The first-order valence-electron chi connectivity index (χ1n) is 11.6. The molecule has 1 aliphatic heterocycles. The molecule has 0 fully saturated rings. The van der Waals surface area contributed by atoms with Crippen LogP contribution in [0.3, 0.4) is 0 Å². The highest BCUT2D eigenvalue weighted by Crippen LogP contribution is 2.23. The second-order valence-corrected chi connectivity index (χ2v) is 9.30. The summed E-state index contributed by atoms with van der Waals surface area (Å²) in [5.41, 5.74) is 1.69. The molecule has 0 saturated heterocycles. The molecule has 7 nitrogen and oxygen atoms in total. The molecule has 0 saturated carbocycles. The minimum Gasteiger partial charge on any atom is -0.354 e. The van der Waals surface area contributed by atoms with Gasteiger partial charge in [-0.3, -0.25) is 24.1 Å². The van der Waals surface area contributed by atoms with E-state index in [4.69, 9.17) is 0 Å². The zero-order chi connectivity index (χ0) is 24.7. The summed E-state index contributed by atoms with van der Waals surface area (Å²) < 4.78 is 0.892. The van der Waals surface area contributed by atoms with Crippen molar-refractivity contribution in [1.82, 2.24) is 15.1 Å².